The van der Waals surface area contributed by atoms with Crippen LogP contribution in [-0.2, 0) is 14.3 Å². The van der Waals surface area contributed by atoms with Gasteiger partial charge in [-0.05, 0) is 37.7 Å². The fourth-order valence-electron chi connectivity index (χ4n) is 1.65. The summed E-state index contributed by atoms with van der Waals surface area (Å²) in [5.41, 5.74) is 2.28. The molecular weight excluding hydrogens is 212 g/mol. The van der Waals surface area contributed by atoms with Gasteiger partial charge in [0.15, 0.2) is 0 Å². The second kappa shape index (κ2) is 4.94. The van der Waals surface area contributed by atoms with Crippen molar-refractivity contribution in [3.8, 4) is 0 Å². The Morgan fingerprint density at radius 2 is 2.33 bits per heavy atom. The zero-order valence-corrected chi connectivity index (χ0v) is 10.1. The molecule has 0 fully saturated rings. The maximum atomic E-state index is 10.8. The molecule has 0 spiro atoms. The Hall–Kier alpha value is -0.610. The zero-order valence-electron chi connectivity index (χ0n) is 9.32. The Morgan fingerprint density at radius 3 is 2.73 bits per heavy atom. The van der Waals surface area contributed by atoms with E-state index in [4.69, 9.17) is 4.18 Å². The first-order valence-corrected chi connectivity index (χ1v) is 6.88. The van der Waals surface area contributed by atoms with E-state index in [0.717, 1.165) is 31.1 Å². The zero-order chi connectivity index (χ0) is 11.5. The predicted octanol–water partition coefficient (Wildman–Crippen LogP) is 2.27. The van der Waals surface area contributed by atoms with Gasteiger partial charge in [-0.15, -0.1) is 0 Å². The molecule has 0 unspecified atom stereocenters. The lowest BCUT2D eigenvalue weighted by molar-refractivity contribution is 0.341. The normalized spacial score (nSPS) is 22.3. The van der Waals surface area contributed by atoms with Gasteiger partial charge in [-0.25, -0.2) is 0 Å². The van der Waals surface area contributed by atoms with E-state index >= 15 is 0 Å². The van der Waals surface area contributed by atoms with Gasteiger partial charge in [0.2, 0.25) is 0 Å². The molecule has 3 nitrogen and oxygen atoms in total. The summed E-state index contributed by atoms with van der Waals surface area (Å²) in [7, 11) is -3.31. The molecule has 0 saturated carbocycles. The summed E-state index contributed by atoms with van der Waals surface area (Å²) in [6, 6.07) is 0. The average Bonchev–Trinajstić information content (AvgIpc) is 2.14. The lowest BCUT2D eigenvalue weighted by Gasteiger charge is -2.21. The maximum Gasteiger partial charge on any atom is 0.264 e. The highest BCUT2D eigenvalue weighted by Crippen LogP contribution is 2.28. The predicted molar refractivity (Wildman–Crippen MR) is 61.0 cm³/mol. The van der Waals surface area contributed by atoms with Crippen molar-refractivity contribution in [3.63, 3.8) is 0 Å². The van der Waals surface area contributed by atoms with Gasteiger partial charge in [-0.1, -0.05) is 18.2 Å². The minimum absolute atomic E-state index is 0.210. The third kappa shape index (κ3) is 4.62. The Labute approximate surface area is 92.0 Å². The van der Waals surface area contributed by atoms with Crippen LogP contribution < -0.4 is 0 Å². The minimum Gasteiger partial charge on any atom is -0.266 e. The van der Waals surface area contributed by atoms with Crippen LogP contribution >= 0.6 is 0 Å². The third-order valence-electron chi connectivity index (χ3n) is 2.66. The van der Waals surface area contributed by atoms with Gasteiger partial charge >= 0.3 is 0 Å². The molecule has 0 aliphatic heterocycles. The van der Waals surface area contributed by atoms with E-state index in [1.165, 1.54) is 5.57 Å². The largest absolute Gasteiger partial charge is 0.266 e. The van der Waals surface area contributed by atoms with Crippen molar-refractivity contribution in [2.45, 2.75) is 26.2 Å². The molecule has 0 aromatic rings. The first-order valence-electron chi connectivity index (χ1n) is 5.06. The highest BCUT2D eigenvalue weighted by atomic mass is 32.2. The van der Waals surface area contributed by atoms with E-state index in [1.54, 1.807) is 0 Å². The van der Waals surface area contributed by atoms with Crippen molar-refractivity contribution in [1.29, 1.82) is 0 Å². The molecule has 1 aliphatic carbocycles. The van der Waals surface area contributed by atoms with Crippen LogP contribution in [-0.4, -0.2) is 21.3 Å². The minimum atomic E-state index is -3.31. The molecule has 86 valence electrons. The van der Waals surface area contributed by atoms with Crippen LogP contribution in [0, 0.1) is 5.92 Å². The summed E-state index contributed by atoms with van der Waals surface area (Å²) >= 11 is 0. The quantitative estimate of drug-likeness (QED) is 0.549. The molecule has 1 atom stereocenters. The lowest BCUT2D eigenvalue weighted by atomic mass is 9.86. The summed E-state index contributed by atoms with van der Waals surface area (Å²) in [5, 5.41) is 0. The maximum absolute atomic E-state index is 10.8. The number of rotatable bonds is 4. The van der Waals surface area contributed by atoms with Crippen LogP contribution in [0.2, 0.25) is 0 Å². The molecule has 15 heavy (non-hydrogen) atoms. The van der Waals surface area contributed by atoms with Crippen LogP contribution in [0.25, 0.3) is 0 Å². The molecule has 0 heterocycles. The van der Waals surface area contributed by atoms with Gasteiger partial charge in [0.25, 0.3) is 10.1 Å². The van der Waals surface area contributed by atoms with E-state index in [9.17, 15) is 8.42 Å². The van der Waals surface area contributed by atoms with Gasteiger partial charge in [0.1, 0.15) is 0 Å². The van der Waals surface area contributed by atoms with Crippen LogP contribution in [0.4, 0.5) is 0 Å². The second-order valence-electron chi connectivity index (χ2n) is 4.15. The van der Waals surface area contributed by atoms with Crippen molar-refractivity contribution in [3.05, 3.63) is 23.8 Å². The Kier molecular flexibility index (Phi) is 4.11. The molecule has 0 aromatic heterocycles. The van der Waals surface area contributed by atoms with E-state index in [2.05, 4.69) is 12.7 Å². The number of allylic oxidation sites excluding steroid dienone is 2. The Morgan fingerprint density at radius 1 is 1.67 bits per heavy atom. The SMILES string of the molecule is C=C(C)[C@@H]1CC=C(COS(C)(=O)=O)CC1. The van der Waals surface area contributed by atoms with Crippen LogP contribution in [0.5, 0.6) is 0 Å². The standard InChI is InChI=1S/C11H18O3S/c1-9(2)11-6-4-10(5-7-11)8-14-15(3,12)13/h4,11H,1,5-8H2,2-3H3/t11-/m1/s1. The monoisotopic (exact) mass is 230 g/mol. The molecule has 0 aromatic carbocycles. The topological polar surface area (TPSA) is 43.4 Å². The van der Waals surface area contributed by atoms with Gasteiger partial charge in [0.05, 0.1) is 12.9 Å². The van der Waals surface area contributed by atoms with Crippen molar-refractivity contribution in [2.75, 3.05) is 12.9 Å². The Bertz CT molecular complexity index is 365. The van der Waals surface area contributed by atoms with Crippen molar-refractivity contribution in [2.24, 2.45) is 5.92 Å². The summed E-state index contributed by atoms with van der Waals surface area (Å²) in [6.45, 7) is 6.18. The number of hydrogen-bond donors (Lipinski definition) is 0. The van der Waals surface area contributed by atoms with Crippen molar-refractivity contribution < 1.29 is 12.6 Å². The molecule has 0 bridgehead atoms. The van der Waals surface area contributed by atoms with Crippen molar-refractivity contribution >= 4 is 10.1 Å². The van der Waals surface area contributed by atoms with Gasteiger partial charge in [-0.2, -0.15) is 8.42 Å². The fraction of sp³-hybridized carbons (Fsp3) is 0.636. The first-order chi connectivity index (χ1) is 6.88. The van der Waals surface area contributed by atoms with Gasteiger partial charge in [0, 0.05) is 0 Å². The first kappa shape index (κ1) is 12.5. The fourth-order valence-corrected chi connectivity index (χ4v) is 2.02. The van der Waals surface area contributed by atoms with Crippen LogP contribution in [0.3, 0.4) is 0 Å². The van der Waals surface area contributed by atoms with E-state index in [1.807, 2.05) is 6.92 Å². The molecule has 0 amide bonds. The molecule has 0 N–H and O–H groups in total. The average molecular weight is 230 g/mol. The smallest absolute Gasteiger partial charge is 0.264 e. The van der Waals surface area contributed by atoms with Crippen LogP contribution in [0.15, 0.2) is 23.8 Å². The van der Waals surface area contributed by atoms with E-state index in [0.29, 0.717) is 5.92 Å². The molecular formula is C11H18O3S. The van der Waals surface area contributed by atoms with Crippen LogP contribution in [0.1, 0.15) is 26.2 Å². The summed E-state index contributed by atoms with van der Waals surface area (Å²) in [5.74, 6) is 0.548. The van der Waals surface area contributed by atoms with Crippen molar-refractivity contribution in [1.82, 2.24) is 0 Å². The lowest BCUT2D eigenvalue weighted by Crippen LogP contribution is -2.12. The number of hydrogen-bond acceptors (Lipinski definition) is 3. The summed E-state index contributed by atoms with van der Waals surface area (Å²) in [4.78, 5) is 0. The molecule has 0 saturated heterocycles. The Balaban J connectivity index is 2.44. The van der Waals surface area contributed by atoms with E-state index in [-0.39, 0.29) is 6.61 Å². The highest BCUT2D eigenvalue weighted by molar-refractivity contribution is 7.85. The summed E-state index contributed by atoms with van der Waals surface area (Å²) < 4.78 is 26.3. The van der Waals surface area contributed by atoms with Gasteiger partial charge in [-0.3, -0.25) is 4.18 Å². The summed E-state index contributed by atoms with van der Waals surface area (Å²) in [6.07, 6.45) is 6.07. The van der Waals surface area contributed by atoms with E-state index < -0.39 is 10.1 Å². The highest BCUT2D eigenvalue weighted by Gasteiger charge is 2.15. The third-order valence-corrected chi connectivity index (χ3v) is 3.21. The molecule has 1 aliphatic rings. The second-order valence-corrected chi connectivity index (χ2v) is 5.79. The molecule has 0 radical (unpaired) electrons. The van der Waals surface area contributed by atoms with Gasteiger partial charge < -0.3 is 0 Å². The molecule has 1 rings (SSSR count). The molecule has 4 heteroatoms.